The van der Waals surface area contributed by atoms with Crippen molar-refractivity contribution in [1.82, 2.24) is 4.98 Å². The summed E-state index contributed by atoms with van der Waals surface area (Å²) in [5, 5.41) is 18.6. The number of hydrogen-bond acceptors (Lipinski definition) is 3. The van der Waals surface area contributed by atoms with Gasteiger partial charge in [-0.2, -0.15) is 0 Å². The summed E-state index contributed by atoms with van der Waals surface area (Å²) in [5.74, 6) is 0.434. The van der Waals surface area contributed by atoms with Crippen molar-refractivity contribution in [2.75, 3.05) is 0 Å². The van der Waals surface area contributed by atoms with Gasteiger partial charge in [-0.3, -0.25) is 0 Å². The van der Waals surface area contributed by atoms with E-state index in [1.807, 2.05) is 0 Å². The molecule has 1 heterocycles. The Bertz CT molecular complexity index is 353. The fourth-order valence-corrected chi connectivity index (χ4v) is 2.40. The van der Waals surface area contributed by atoms with Gasteiger partial charge in [0.1, 0.15) is 5.15 Å². The number of hydrogen-bond donors (Lipinski definition) is 2. The Morgan fingerprint density at radius 3 is 2.60 bits per heavy atom. The van der Waals surface area contributed by atoms with Crippen LogP contribution in [-0.2, 0) is 0 Å². The fourth-order valence-electron chi connectivity index (χ4n) is 2.15. The second kappa shape index (κ2) is 4.52. The van der Waals surface area contributed by atoms with Gasteiger partial charge in [0.25, 0.3) is 0 Å². The minimum Gasteiger partial charge on any atom is -0.423 e. The quantitative estimate of drug-likeness (QED) is 0.585. The summed E-state index contributed by atoms with van der Waals surface area (Å²) >= 11 is 6.01. The third-order valence-corrected chi connectivity index (χ3v) is 3.30. The van der Waals surface area contributed by atoms with Crippen LogP contribution in [0.4, 0.5) is 0 Å². The first kappa shape index (κ1) is 10.9. The molecule has 2 N–H and O–H groups in total. The number of nitrogens with zero attached hydrogens (tertiary/aromatic N) is 1. The summed E-state index contributed by atoms with van der Waals surface area (Å²) in [5.41, 5.74) is 1.38. The summed E-state index contributed by atoms with van der Waals surface area (Å²) in [7, 11) is -1.46. The van der Waals surface area contributed by atoms with E-state index >= 15 is 0 Å². The molecule has 0 bridgehead atoms. The van der Waals surface area contributed by atoms with Gasteiger partial charge in [-0.15, -0.1) is 0 Å². The van der Waals surface area contributed by atoms with Crippen LogP contribution in [0.1, 0.15) is 37.2 Å². The van der Waals surface area contributed by atoms with Crippen LogP contribution >= 0.6 is 11.6 Å². The van der Waals surface area contributed by atoms with Crippen molar-refractivity contribution in [2.24, 2.45) is 0 Å². The van der Waals surface area contributed by atoms with Crippen molar-refractivity contribution in [3.8, 4) is 0 Å². The van der Waals surface area contributed by atoms with Gasteiger partial charge in [-0.1, -0.05) is 30.5 Å². The highest BCUT2D eigenvalue weighted by Crippen LogP contribution is 2.36. The standard InChI is InChI=1S/C10H13BClNO2/c12-10-9(7-3-1-2-4-7)5-8(6-13-10)11(14)15/h5-7,14-15H,1-4H2. The zero-order chi connectivity index (χ0) is 10.8. The van der Waals surface area contributed by atoms with E-state index in [-0.39, 0.29) is 0 Å². The van der Waals surface area contributed by atoms with Crippen molar-refractivity contribution in [3.05, 3.63) is 23.0 Å². The first-order valence-electron chi connectivity index (χ1n) is 5.20. The van der Waals surface area contributed by atoms with Gasteiger partial charge in [0.05, 0.1) is 0 Å². The summed E-state index contributed by atoms with van der Waals surface area (Å²) in [6.45, 7) is 0. The van der Waals surface area contributed by atoms with Crippen molar-refractivity contribution in [2.45, 2.75) is 31.6 Å². The van der Waals surface area contributed by atoms with Crippen molar-refractivity contribution in [1.29, 1.82) is 0 Å². The molecule has 0 spiro atoms. The Morgan fingerprint density at radius 2 is 2.00 bits per heavy atom. The second-order valence-electron chi connectivity index (χ2n) is 4.00. The van der Waals surface area contributed by atoms with Crippen LogP contribution in [0.25, 0.3) is 0 Å². The van der Waals surface area contributed by atoms with Gasteiger partial charge in [0.15, 0.2) is 0 Å². The van der Waals surface area contributed by atoms with E-state index in [4.69, 9.17) is 21.6 Å². The maximum absolute atomic E-state index is 9.05. The highest BCUT2D eigenvalue weighted by Gasteiger charge is 2.22. The van der Waals surface area contributed by atoms with E-state index in [0.29, 0.717) is 16.5 Å². The van der Waals surface area contributed by atoms with Crippen molar-refractivity contribution < 1.29 is 10.0 Å². The van der Waals surface area contributed by atoms with Crippen molar-refractivity contribution in [3.63, 3.8) is 0 Å². The third kappa shape index (κ3) is 2.33. The van der Waals surface area contributed by atoms with Gasteiger partial charge in [-0.25, -0.2) is 4.98 Å². The molecule has 0 aromatic carbocycles. The number of halogens is 1. The van der Waals surface area contributed by atoms with E-state index < -0.39 is 7.12 Å². The molecule has 0 unspecified atom stereocenters. The molecule has 0 radical (unpaired) electrons. The lowest BCUT2D eigenvalue weighted by Crippen LogP contribution is -2.30. The number of aromatic nitrogens is 1. The maximum atomic E-state index is 9.05. The predicted molar refractivity (Wildman–Crippen MR) is 60.3 cm³/mol. The molecule has 0 saturated heterocycles. The Labute approximate surface area is 94.3 Å². The van der Waals surface area contributed by atoms with Crippen LogP contribution in [0, 0.1) is 0 Å². The molecule has 1 aliphatic carbocycles. The molecule has 1 aromatic heterocycles. The lowest BCUT2D eigenvalue weighted by atomic mass is 9.80. The Morgan fingerprint density at radius 1 is 1.33 bits per heavy atom. The molecular formula is C10H13BClNO2. The van der Waals surface area contributed by atoms with Gasteiger partial charge in [0.2, 0.25) is 0 Å². The minimum atomic E-state index is -1.46. The first-order valence-corrected chi connectivity index (χ1v) is 5.58. The Balaban J connectivity index is 2.31. The van der Waals surface area contributed by atoms with Crippen LogP contribution in [0.15, 0.2) is 12.3 Å². The lowest BCUT2D eigenvalue weighted by Gasteiger charge is -2.12. The minimum absolute atomic E-state index is 0.418. The molecule has 1 aromatic rings. The zero-order valence-corrected chi connectivity index (χ0v) is 9.11. The van der Waals surface area contributed by atoms with Crippen LogP contribution in [0.2, 0.25) is 5.15 Å². The van der Waals surface area contributed by atoms with Gasteiger partial charge >= 0.3 is 7.12 Å². The number of pyridine rings is 1. The van der Waals surface area contributed by atoms with Crippen molar-refractivity contribution >= 4 is 24.2 Å². The second-order valence-corrected chi connectivity index (χ2v) is 4.36. The summed E-state index contributed by atoms with van der Waals surface area (Å²) < 4.78 is 0. The topological polar surface area (TPSA) is 53.4 Å². The Kier molecular flexibility index (Phi) is 3.29. The van der Waals surface area contributed by atoms with Gasteiger partial charge in [-0.05, 0) is 24.3 Å². The van der Waals surface area contributed by atoms with Gasteiger partial charge < -0.3 is 10.0 Å². The lowest BCUT2D eigenvalue weighted by molar-refractivity contribution is 0.425. The molecule has 5 heteroatoms. The summed E-state index contributed by atoms with van der Waals surface area (Å²) in [6.07, 6.45) is 6.07. The molecule has 1 fully saturated rings. The molecular weight excluding hydrogens is 212 g/mol. The smallest absolute Gasteiger partial charge is 0.423 e. The monoisotopic (exact) mass is 225 g/mol. The molecule has 2 rings (SSSR count). The molecule has 0 aliphatic heterocycles. The van der Waals surface area contributed by atoms with E-state index in [2.05, 4.69) is 4.98 Å². The summed E-state index contributed by atoms with van der Waals surface area (Å²) in [4.78, 5) is 3.99. The molecule has 1 saturated carbocycles. The average Bonchev–Trinajstić information content (AvgIpc) is 2.71. The van der Waals surface area contributed by atoms with E-state index in [1.54, 1.807) is 6.07 Å². The number of rotatable bonds is 2. The Hall–Kier alpha value is -0.575. The van der Waals surface area contributed by atoms with Crippen LogP contribution < -0.4 is 5.46 Å². The first-order chi connectivity index (χ1) is 7.18. The highest BCUT2D eigenvalue weighted by atomic mass is 35.5. The predicted octanol–water partition coefficient (Wildman–Crippen LogP) is 1.07. The molecule has 0 amide bonds. The molecule has 1 aliphatic rings. The molecule has 3 nitrogen and oxygen atoms in total. The van der Waals surface area contributed by atoms with Gasteiger partial charge in [0, 0.05) is 11.7 Å². The van der Waals surface area contributed by atoms with E-state index in [0.717, 1.165) is 18.4 Å². The normalized spacial score (nSPS) is 17.0. The third-order valence-electron chi connectivity index (χ3n) is 2.98. The SMILES string of the molecule is OB(O)c1cnc(Cl)c(C2CCCC2)c1. The molecule has 15 heavy (non-hydrogen) atoms. The average molecular weight is 225 g/mol. The fraction of sp³-hybridized carbons (Fsp3) is 0.500. The van der Waals surface area contributed by atoms with E-state index in [9.17, 15) is 0 Å². The highest BCUT2D eigenvalue weighted by molar-refractivity contribution is 6.58. The van der Waals surface area contributed by atoms with Crippen LogP contribution in [-0.4, -0.2) is 22.2 Å². The maximum Gasteiger partial charge on any atom is 0.490 e. The van der Waals surface area contributed by atoms with E-state index in [1.165, 1.54) is 19.0 Å². The summed E-state index contributed by atoms with van der Waals surface area (Å²) in [6, 6.07) is 1.76. The van der Waals surface area contributed by atoms with Crippen LogP contribution in [0.3, 0.4) is 0 Å². The zero-order valence-electron chi connectivity index (χ0n) is 8.36. The van der Waals surface area contributed by atoms with Crippen LogP contribution in [0.5, 0.6) is 0 Å². The molecule has 80 valence electrons. The molecule has 0 atom stereocenters. The largest absolute Gasteiger partial charge is 0.490 e.